The molecule has 0 N–H and O–H groups in total. The van der Waals surface area contributed by atoms with Crippen LogP contribution in [0.4, 0.5) is 0 Å². The zero-order chi connectivity index (χ0) is 19.9. The Morgan fingerprint density at radius 3 is 2.00 bits per heavy atom. The standard InChI is InChI=1S/C20H29NO5/c1-13(12-14(2)25-16(4)22)20(24)21(6)15(3)19(26-17(5)23)18-10-8-7-9-11-18/h7-11,13-15,19H,12H2,1-6H3/t13-,14+,15-,19+/m0/s1. The monoisotopic (exact) mass is 363 g/mol. The summed E-state index contributed by atoms with van der Waals surface area (Å²) in [5.74, 6) is -1.18. The quantitative estimate of drug-likeness (QED) is 0.664. The highest BCUT2D eigenvalue weighted by atomic mass is 16.5. The number of likely N-dealkylation sites (N-methyl/N-ethyl adjacent to an activating group) is 1. The first kappa shape index (κ1) is 21.7. The van der Waals surface area contributed by atoms with Gasteiger partial charge in [0, 0.05) is 26.8 Å². The lowest BCUT2D eigenvalue weighted by Crippen LogP contribution is -2.43. The molecule has 0 saturated carbocycles. The Morgan fingerprint density at radius 1 is 0.962 bits per heavy atom. The van der Waals surface area contributed by atoms with Crippen molar-refractivity contribution in [1.82, 2.24) is 4.90 Å². The molecule has 6 nitrogen and oxygen atoms in total. The van der Waals surface area contributed by atoms with E-state index in [4.69, 9.17) is 9.47 Å². The van der Waals surface area contributed by atoms with Crippen LogP contribution in [0, 0.1) is 5.92 Å². The first-order chi connectivity index (χ1) is 12.1. The summed E-state index contributed by atoms with van der Waals surface area (Å²) < 4.78 is 10.6. The van der Waals surface area contributed by atoms with E-state index in [-0.39, 0.29) is 29.9 Å². The molecular weight excluding hydrogens is 334 g/mol. The number of amides is 1. The molecule has 4 atom stereocenters. The number of esters is 2. The fraction of sp³-hybridized carbons (Fsp3) is 0.550. The summed E-state index contributed by atoms with van der Waals surface area (Å²) in [5.41, 5.74) is 0.829. The van der Waals surface area contributed by atoms with E-state index in [1.807, 2.05) is 37.3 Å². The van der Waals surface area contributed by atoms with Gasteiger partial charge >= 0.3 is 11.9 Å². The molecule has 1 aromatic carbocycles. The van der Waals surface area contributed by atoms with Crippen molar-refractivity contribution in [3.63, 3.8) is 0 Å². The average molecular weight is 363 g/mol. The maximum Gasteiger partial charge on any atom is 0.303 e. The summed E-state index contributed by atoms with van der Waals surface area (Å²) in [6, 6.07) is 9.00. The average Bonchev–Trinajstić information content (AvgIpc) is 2.57. The third-order valence-corrected chi connectivity index (χ3v) is 4.29. The smallest absolute Gasteiger partial charge is 0.303 e. The van der Waals surface area contributed by atoms with E-state index in [1.54, 1.807) is 25.8 Å². The Morgan fingerprint density at radius 2 is 1.50 bits per heavy atom. The number of ether oxygens (including phenoxy) is 2. The number of carbonyl (C=O) groups is 3. The zero-order valence-electron chi connectivity index (χ0n) is 16.4. The molecule has 0 spiro atoms. The largest absolute Gasteiger partial charge is 0.463 e. The Kier molecular flexibility index (Phi) is 8.29. The first-order valence-electron chi connectivity index (χ1n) is 8.79. The van der Waals surface area contributed by atoms with Crippen LogP contribution < -0.4 is 0 Å². The fourth-order valence-corrected chi connectivity index (χ4v) is 2.95. The molecule has 0 aliphatic heterocycles. The second kappa shape index (κ2) is 9.94. The van der Waals surface area contributed by atoms with Crippen LogP contribution in [-0.4, -0.2) is 41.9 Å². The molecule has 0 aliphatic carbocycles. The fourth-order valence-electron chi connectivity index (χ4n) is 2.95. The van der Waals surface area contributed by atoms with Gasteiger partial charge in [-0.25, -0.2) is 0 Å². The van der Waals surface area contributed by atoms with Gasteiger partial charge in [-0.05, 0) is 25.8 Å². The molecule has 0 unspecified atom stereocenters. The molecule has 6 heteroatoms. The summed E-state index contributed by atoms with van der Waals surface area (Å²) in [6.07, 6.45) is -0.465. The summed E-state index contributed by atoms with van der Waals surface area (Å²) in [4.78, 5) is 36.9. The van der Waals surface area contributed by atoms with Crippen LogP contribution in [-0.2, 0) is 23.9 Å². The van der Waals surface area contributed by atoms with Crippen molar-refractivity contribution in [2.75, 3.05) is 7.05 Å². The summed E-state index contributed by atoms with van der Waals surface area (Å²) in [5, 5.41) is 0. The van der Waals surface area contributed by atoms with E-state index >= 15 is 0 Å². The van der Waals surface area contributed by atoms with Gasteiger partial charge in [-0.2, -0.15) is 0 Å². The SMILES string of the molecule is CC(=O)O[C@H](C)C[C@H](C)C(=O)N(C)[C@@H](C)[C@@H](OC(C)=O)c1ccccc1. The van der Waals surface area contributed by atoms with Crippen molar-refractivity contribution in [3.05, 3.63) is 35.9 Å². The molecular formula is C20H29NO5. The van der Waals surface area contributed by atoms with E-state index in [9.17, 15) is 14.4 Å². The molecule has 0 heterocycles. The van der Waals surface area contributed by atoms with Gasteiger partial charge in [0.2, 0.25) is 5.91 Å². The molecule has 0 radical (unpaired) electrons. The first-order valence-corrected chi connectivity index (χ1v) is 8.79. The van der Waals surface area contributed by atoms with Crippen LogP contribution in [0.1, 0.15) is 52.7 Å². The highest BCUT2D eigenvalue weighted by Crippen LogP contribution is 2.26. The number of hydrogen-bond acceptors (Lipinski definition) is 5. The highest BCUT2D eigenvalue weighted by Gasteiger charge is 2.31. The Balaban J connectivity index is 2.86. The third-order valence-electron chi connectivity index (χ3n) is 4.29. The van der Waals surface area contributed by atoms with Gasteiger partial charge in [0.1, 0.15) is 6.10 Å². The van der Waals surface area contributed by atoms with Crippen LogP contribution in [0.3, 0.4) is 0 Å². The predicted octanol–water partition coefficient (Wildman–Crippen LogP) is 3.12. The lowest BCUT2D eigenvalue weighted by Gasteiger charge is -2.33. The van der Waals surface area contributed by atoms with Crippen LogP contribution in [0.2, 0.25) is 0 Å². The van der Waals surface area contributed by atoms with E-state index in [1.165, 1.54) is 13.8 Å². The zero-order valence-corrected chi connectivity index (χ0v) is 16.4. The molecule has 144 valence electrons. The van der Waals surface area contributed by atoms with Crippen molar-refractivity contribution >= 4 is 17.8 Å². The molecule has 26 heavy (non-hydrogen) atoms. The van der Waals surface area contributed by atoms with Crippen molar-refractivity contribution in [2.45, 2.75) is 59.3 Å². The molecule has 0 bridgehead atoms. The summed E-state index contributed by atoms with van der Waals surface area (Å²) in [7, 11) is 1.69. The van der Waals surface area contributed by atoms with Crippen LogP contribution in [0.15, 0.2) is 30.3 Å². The minimum absolute atomic E-state index is 0.0930. The van der Waals surface area contributed by atoms with E-state index < -0.39 is 12.1 Å². The molecule has 1 rings (SSSR count). The normalized spacial score (nSPS) is 15.3. The van der Waals surface area contributed by atoms with Gasteiger partial charge in [-0.3, -0.25) is 14.4 Å². The summed E-state index contributed by atoms with van der Waals surface area (Å²) >= 11 is 0. The second-order valence-electron chi connectivity index (χ2n) is 6.69. The maximum atomic E-state index is 12.8. The molecule has 0 fully saturated rings. The lowest BCUT2D eigenvalue weighted by atomic mass is 9.98. The van der Waals surface area contributed by atoms with Crippen LogP contribution in [0.5, 0.6) is 0 Å². The highest BCUT2D eigenvalue weighted by molar-refractivity contribution is 5.78. The van der Waals surface area contributed by atoms with Crippen molar-refractivity contribution in [3.8, 4) is 0 Å². The third kappa shape index (κ3) is 6.50. The molecule has 0 aliphatic rings. The topological polar surface area (TPSA) is 72.9 Å². The number of rotatable bonds is 8. The van der Waals surface area contributed by atoms with E-state index in [2.05, 4.69) is 0 Å². The van der Waals surface area contributed by atoms with E-state index in [0.717, 1.165) is 5.56 Å². The van der Waals surface area contributed by atoms with Gasteiger partial charge in [0.15, 0.2) is 0 Å². The molecule has 0 aromatic heterocycles. The van der Waals surface area contributed by atoms with Gasteiger partial charge in [0.25, 0.3) is 0 Å². The van der Waals surface area contributed by atoms with Gasteiger partial charge in [-0.1, -0.05) is 37.3 Å². The maximum absolute atomic E-state index is 12.8. The molecule has 1 amide bonds. The van der Waals surface area contributed by atoms with Crippen LogP contribution >= 0.6 is 0 Å². The number of carbonyl (C=O) groups excluding carboxylic acids is 3. The molecule has 0 saturated heterocycles. The number of benzene rings is 1. The minimum atomic E-state index is -0.555. The Labute approximate surface area is 155 Å². The van der Waals surface area contributed by atoms with Crippen molar-refractivity contribution < 1.29 is 23.9 Å². The summed E-state index contributed by atoms with van der Waals surface area (Å²) in [6.45, 7) is 8.12. The van der Waals surface area contributed by atoms with Crippen molar-refractivity contribution in [2.24, 2.45) is 5.92 Å². The van der Waals surface area contributed by atoms with Gasteiger partial charge in [-0.15, -0.1) is 0 Å². The Hall–Kier alpha value is -2.37. The van der Waals surface area contributed by atoms with E-state index in [0.29, 0.717) is 6.42 Å². The lowest BCUT2D eigenvalue weighted by molar-refractivity contribution is -0.154. The number of hydrogen-bond donors (Lipinski definition) is 0. The molecule has 1 aromatic rings. The van der Waals surface area contributed by atoms with Gasteiger partial charge < -0.3 is 14.4 Å². The minimum Gasteiger partial charge on any atom is -0.463 e. The number of nitrogens with zero attached hydrogens (tertiary/aromatic N) is 1. The Bertz CT molecular complexity index is 616. The van der Waals surface area contributed by atoms with Gasteiger partial charge in [0.05, 0.1) is 12.1 Å². The van der Waals surface area contributed by atoms with Crippen molar-refractivity contribution in [1.29, 1.82) is 0 Å². The van der Waals surface area contributed by atoms with Crippen LogP contribution in [0.25, 0.3) is 0 Å². The second-order valence-corrected chi connectivity index (χ2v) is 6.69. The predicted molar refractivity (Wildman–Crippen MR) is 98.2 cm³/mol.